The van der Waals surface area contributed by atoms with Crippen LogP contribution in [0.15, 0.2) is 41.3 Å². The normalized spacial score (nSPS) is 11.4. The van der Waals surface area contributed by atoms with Gasteiger partial charge in [0.15, 0.2) is 11.5 Å². The summed E-state index contributed by atoms with van der Waals surface area (Å²) in [4.78, 5) is 10.4. The molecule has 2 aromatic carbocycles. The van der Waals surface area contributed by atoms with Gasteiger partial charge in [-0.2, -0.15) is 0 Å². The molecule has 27 heavy (non-hydrogen) atoms. The van der Waals surface area contributed by atoms with E-state index in [0.717, 1.165) is 18.2 Å². The van der Waals surface area contributed by atoms with Crippen LogP contribution >= 0.6 is 11.6 Å². The quantitative estimate of drug-likeness (QED) is 0.672. The summed E-state index contributed by atoms with van der Waals surface area (Å²) in [5.41, 5.74) is 0.293. The zero-order chi connectivity index (χ0) is 20.2. The number of halogens is 2. The lowest BCUT2D eigenvalue weighted by Crippen LogP contribution is -2.15. The Labute approximate surface area is 160 Å². The van der Waals surface area contributed by atoms with Crippen molar-refractivity contribution in [2.75, 3.05) is 18.9 Å². The largest absolute Gasteiger partial charge is 0.493 e. The minimum absolute atomic E-state index is 0.0360. The zero-order valence-electron chi connectivity index (χ0n) is 14.2. The smallest absolute Gasteiger partial charge is 0.328 e. The molecule has 2 N–H and O–H groups in total. The first-order valence-corrected chi connectivity index (χ1v) is 9.19. The molecular weight excluding hydrogens is 401 g/mol. The molecule has 144 valence electrons. The minimum atomic E-state index is -4.20. The van der Waals surface area contributed by atoms with E-state index in [1.165, 1.54) is 38.5 Å². The molecule has 0 heterocycles. The summed E-state index contributed by atoms with van der Waals surface area (Å²) in [7, 11) is -1.62. The number of anilines is 1. The lowest BCUT2D eigenvalue weighted by Gasteiger charge is -2.15. The number of ether oxygens (including phenoxy) is 2. The van der Waals surface area contributed by atoms with Crippen LogP contribution in [-0.4, -0.2) is 33.7 Å². The molecule has 0 amide bonds. The maximum absolute atomic E-state index is 13.3. The molecule has 10 heteroatoms. The summed E-state index contributed by atoms with van der Waals surface area (Å²) >= 11 is 5.67. The summed E-state index contributed by atoms with van der Waals surface area (Å²) in [6, 6.07) is 5.98. The molecule has 0 radical (unpaired) electrons. The number of sulfonamides is 1. The highest BCUT2D eigenvalue weighted by molar-refractivity contribution is 7.92. The Morgan fingerprint density at radius 2 is 1.93 bits per heavy atom. The van der Waals surface area contributed by atoms with E-state index in [4.69, 9.17) is 26.2 Å². The van der Waals surface area contributed by atoms with Crippen molar-refractivity contribution in [1.29, 1.82) is 0 Å². The van der Waals surface area contributed by atoms with Crippen LogP contribution in [0.4, 0.5) is 10.1 Å². The van der Waals surface area contributed by atoms with Crippen LogP contribution in [0.3, 0.4) is 0 Å². The fourth-order valence-corrected chi connectivity index (χ4v) is 3.63. The number of carboxylic acids is 1. The van der Waals surface area contributed by atoms with Crippen molar-refractivity contribution >= 4 is 39.4 Å². The van der Waals surface area contributed by atoms with Gasteiger partial charge in [0, 0.05) is 6.08 Å². The van der Waals surface area contributed by atoms with Gasteiger partial charge < -0.3 is 14.6 Å². The van der Waals surface area contributed by atoms with Gasteiger partial charge >= 0.3 is 5.97 Å². The lowest BCUT2D eigenvalue weighted by molar-refractivity contribution is -0.131. The molecule has 0 bridgehead atoms. The second-order valence-electron chi connectivity index (χ2n) is 5.16. The fraction of sp³-hybridized carbons (Fsp3) is 0.118. The Morgan fingerprint density at radius 3 is 2.48 bits per heavy atom. The van der Waals surface area contributed by atoms with Crippen molar-refractivity contribution in [3.05, 3.63) is 52.8 Å². The van der Waals surface area contributed by atoms with Crippen LogP contribution in [0.1, 0.15) is 5.56 Å². The Balaban J connectivity index is 2.56. The molecule has 0 saturated carbocycles. The molecule has 7 nitrogen and oxygen atoms in total. The molecule has 0 atom stereocenters. The predicted molar refractivity (Wildman–Crippen MR) is 98.4 cm³/mol. The van der Waals surface area contributed by atoms with Crippen LogP contribution in [0.2, 0.25) is 5.02 Å². The molecule has 2 aromatic rings. The topological polar surface area (TPSA) is 102 Å². The first-order chi connectivity index (χ1) is 12.7. The van der Waals surface area contributed by atoms with Crippen molar-refractivity contribution in [3.8, 4) is 11.5 Å². The molecule has 0 aliphatic rings. The maximum Gasteiger partial charge on any atom is 0.328 e. The van der Waals surface area contributed by atoms with Gasteiger partial charge in [0.05, 0.1) is 24.9 Å². The predicted octanol–water partition coefficient (Wildman–Crippen LogP) is 3.39. The third kappa shape index (κ3) is 4.89. The van der Waals surface area contributed by atoms with E-state index in [-0.39, 0.29) is 32.7 Å². The number of benzene rings is 2. The molecule has 0 saturated heterocycles. The number of methoxy groups -OCH3 is 2. The van der Waals surface area contributed by atoms with E-state index in [2.05, 4.69) is 4.72 Å². The summed E-state index contributed by atoms with van der Waals surface area (Å²) < 4.78 is 51.4. The van der Waals surface area contributed by atoms with Gasteiger partial charge in [-0.15, -0.1) is 0 Å². The molecule has 0 fully saturated rings. The zero-order valence-corrected chi connectivity index (χ0v) is 15.8. The summed E-state index contributed by atoms with van der Waals surface area (Å²) in [6.07, 6.45) is 2.06. The number of nitrogens with one attached hydrogen (secondary N) is 1. The van der Waals surface area contributed by atoms with Crippen molar-refractivity contribution < 1.29 is 32.2 Å². The highest BCUT2D eigenvalue weighted by atomic mass is 35.5. The second kappa shape index (κ2) is 8.28. The van der Waals surface area contributed by atoms with Crippen molar-refractivity contribution in [3.63, 3.8) is 0 Å². The number of rotatable bonds is 7. The van der Waals surface area contributed by atoms with E-state index in [9.17, 15) is 17.6 Å². The van der Waals surface area contributed by atoms with Crippen LogP contribution < -0.4 is 14.2 Å². The number of hydrogen-bond donors (Lipinski definition) is 2. The van der Waals surface area contributed by atoms with E-state index < -0.39 is 21.8 Å². The number of hydrogen-bond acceptors (Lipinski definition) is 5. The maximum atomic E-state index is 13.3. The molecule has 0 aliphatic heterocycles. The van der Waals surface area contributed by atoms with Crippen molar-refractivity contribution in [1.82, 2.24) is 0 Å². The minimum Gasteiger partial charge on any atom is -0.493 e. The summed E-state index contributed by atoms with van der Waals surface area (Å²) in [5, 5.41) is 8.51. The number of carbonyl (C=O) groups is 1. The lowest BCUT2D eigenvalue weighted by atomic mass is 10.2. The molecular formula is C17H15ClFNO6S. The highest BCUT2D eigenvalue weighted by Gasteiger charge is 2.24. The number of carboxylic acid groups (broad SMARTS) is 1. The highest BCUT2D eigenvalue weighted by Crippen LogP contribution is 2.37. The van der Waals surface area contributed by atoms with Gasteiger partial charge in [-0.1, -0.05) is 11.6 Å². The third-order valence-corrected chi connectivity index (χ3v) is 5.02. The Hall–Kier alpha value is -2.78. The van der Waals surface area contributed by atoms with E-state index in [0.29, 0.717) is 0 Å². The Morgan fingerprint density at radius 1 is 1.22 bits per heavy atom. The van der Waals surface area contributed by atoms with Crippen LogP contribution in [-0.2, 0) is 14.8 Å². The standard InChI is InChI=1S/C17H15ClFNO6S/c1-25-14-7-10(3-6-16(21)22)8-15(17(14)26-2)27(23,24)20-11-4-5-13(19)12(18)9-11/h3-9,20H,1-2H3,(H,21,22)/b6-3+. The SMILES string of the molecule is COc1cc(/C=C/C(=O)O)cc(S(=O)(=O)Nc2ccc(F)c(Cl)c2)c1OC. The van der Waals surface area contributed by atoms with Crippen molar-refractivity contribution in [2.24, 2.45) is 0 Å². The van der Waals surface area contributed by atoms with E-state index >= 15 is 0 Å². The first kappa shape index (κ1) is 20.5. The number of aliphatic carboxylic acids is 1. The third-order valence-electron chi connectivity index (χ3n) is 3.35. The second-order valence-corrected chi connectivity index (χ2v) is 7.22. The van der Waals surface area contributed by atoms with Crippen molar-refractivity contribution in [2.45, 2.75) is 4.90 Å². The average molecular weight is 416 g/mol. The van der Waals surface area contributed by atoms with Crippen LogP contribution in [0.5, 0.6) is 11.5 Å². The summed E-state index contributed by atoms with van der Waals surface area (Å²) in [5.74, 6) is -1.89. The molecule has 0 aliphatic carbocycles. The van der Waals surface area contributed by atoms with Gasteiger partial charge in [-0.3, -0.25) is 4.72 Å². The summed E-state index contributed by atoms with van der Waals surface area (Å²) in [6.45, 7) is 0. The Kier molecular flexibility index (Phi) is 6.29. The monoisotopic (exact) mass is 415 g/mol. The van der Waals surface area contributed by atoms with Gasteiger partial charge in [0.25, 0.3) is 10.0 Å². The van der Waals surface area contributed by atoms with Gasteiger partial charge in [-0.25, -0.2) is 17.6 Å². The van der Waals surface area contributed by atoms with Crippen LogP contribution in [0, 0.1) is 5.82 Å². The van der Waals surface area contributed by atoms with Gasteiger partial charge in [0.2, 0.25) is 0 Å². The first-order valence-electron chi connectivity index (χ1n) is 7.33. The van der Waals surface area contributed by atoms with Gasteiger partial charge in [0.1, 0.15) is 10.7 Å². The van der Waals surface area contributed by atoms with Gasteiger partial charge in [-0.05, 0) is 42.0 Å². The molecule has 0 spiro atoms. The van der Waals surface area contributed by atoms with E-state index in [1.807, 2.05) is 0 Å². The van der Waals surface area contributed by atoms with E-state index in [1.54, 1.807) is 0 Å². The molecule has 0 unspecified atom stereocenters. The van der Waals surface area contributed by atoms with Crippen LogP contribution in [0.25, 0.3) is 6.08 Å². The molecule has 0 aromatic heterocycles. The fourth-order valence-electron chi connectivity index (χ4n) is 2.18. The average Bonchev–Trinajstić information content (AvgIpc) is 2.61. The molecule has 2 rings (SSSR count). The Bertz CT molecular complexity index is 1010.